The summed E-state index contributed by atoms with van der Waals surface area (Å²) in [5.74, 6) is -0.943. The van der Waals surface area contributed by atoms with Crippen molar-refractivity contribution in [3.05, 3.63) is 76.0 Å². The van der Waals surface area contributed by atoms with E-state index in [-0.39, 0.29) is 5.69 Å². The van der Waals surface area contributed by atoms with E-state index < -0.39 is 22.3 Å². The Labute approximate surface area is 141 Å². The lowest BCUT2D eigenvalue weighted by molar-refractivity contribution is -0.385. The van der Waals surface area contributed by atoms with Gasteiger partial charge in [0.25, 0.3) is 5.91 Å². The van der Waals surface area contributed by atoms with E-state index >= 15 is 0 Å². The molecule has 3 aromatic rings. The molecule has 0 spiro atoms. The first-order valence-electron chi connectivity index (χ1n) is 7.21. The van der Waals surface area contributed by atoms with Crippen molar-refractivity contribution < 1.29 is 14.8 Å². The molecular weight excluding hydrogens is 324 g/mol. The van der Waals surface area contributed by atoms with Crippen LogP contribution in [0.25, 0.3) is 10.9 Å². The monoisotopic (exact) mass is 336 g/mol. The van der Waals surface area contributed by atoms with Crippen LogP contribution < -0.4 is 5.43 Å². The van der Waals surface area contributed by atoms with Gasteiger partial charge in [0, 0.05) is 17.0 Å². The van der Waals surface area contributed by atoms with Crippen LogP contribution >= 0.6 is 0 Å². The molecule has 8 heteroatoms. The maximum absolute atomic E-state index is 12.1. The fourth-order valence-corrected chi connectivity index (χ4v) is 2.18. The number of fused-ring (bicyclic) bond motifs is 1. The maximum Gasteiger partial charge on any atom is 0.311 e. The lowest BCUT2D eigenvalue weighted by atomic mass is 10.2. The largest absolute Gasteiger partial charge is 0.502 e. The van der Waals surface area contributed by atoms with Crippen molar-refractivity contribution >= 4 is 28.7 Å². The predicted molar refractivity (Wildman–Crippen MR) is 91.6 cm³/mol. The maximum atomic E-state index is 12.1. The Bertz CT molecular complexity index is 1000. The molecule has 2 aromatic carbocycles. The van der Waals surface area contributed by atoms with Crippen LogP contribution in [0.2, 0.25) is 0 Å². The van der Waals surface area contributed by atoms with Crippen molar-refractivity contribution in [2.75, 3.05) is 0 Å². The number of rotatable bonds is 4. The van der Waals surface area contributed by atoms with Gasteiger partial charge in [-0.25, -0.2) is 10.4 Å². The Morgan fingerprint density at radius 1 is 1.20 bits per heavy atom. The number of benzene rings is 2. The summed E-state index contributed by atoms with van der Waals surface area (Å²) in [7, 11) is 0. The Morgan fingerprint density at radius 2 is 2.00 bits per heavy atom. The number of phenols is 1. The van der Waals surface area contributed by atoms with E-state index in [0.717, 1.165) is 11.5 Å². The molecule has 1 aromatic heterocycles. The summed E-state index contributed by atoms with van der Waals surface area (Å²) < 4.78 is 0. The van der Waals surface area contributed by atoms with Crippen molar-refractivity contribution in [2.24, 2.45) is 5.10 Å². The van der Waals surface area contributed by atoms with Crippen molar-refractivity contribution in [2.45, 2.75) is 0 Å². The third-order valence-corrected chi connectivity index (χ3v) is 3.41. The highest BCUT2D eigenvalue weighted by atomic mass is 16.6. The van der Waals surface area contributed by atoms with Gasteiger partial charge < -0.3 is 5.11 Å². The number of nitro groups is 1. The van der Waals surface area contributed by atoms with E-state index in [1.54, 1.807) is 18.2 Å². The second kappa shape index (κ2) is 6.75. The van der Waals surface area contributed by atoms with Crippen LogP contribution in [0.15, 0.2) is 59.7 Å². The summed E-state index contributed by atoms with van der Waals surface area (Å²) in [6.45, 7) is 0. The van der Waals surface area contributed by atoms with Crippen LogP contribution in [0.1, 0.15) is 16.1 Å². The van der Waals surface area contributed by atoms with Crippen LogP contribution in [0, 0.1) is 10.1 Å². The topological polar surface area (TPSA) is 118 Å². The van der Waals surface area contributed by atoms with Gasteiger partial charge in [0.15, 0.2) is 5.75 Å². The van der Waals surface area contributed by atoms with Gasteiger partial charge in [0.2, 0.25) is 0 Å². The minimum Gasteiger partial charge on any atom is -0.502 e. The van der Waals surface area contributed by atoms with Gasteiger partial charge in [-0.1, -0.05) is 24.3 Å². The molecule has 0 unspecified atom stereocenters. The molecule has 0 aliphatic heterocycles. The molecule has 8 nitrogen and oxygen atoms in total. The number of nitrogens with zero attached hydrogens (tertiary/aromatic N) is 3. The molecule has 25 heavy (non-hydrogen) atoms. The predicted octanol–water partition coefficient (Wildman–Crippen LogP) is 2.61. The molecule has 124 valence electrons. The van der Waals surface area contributed by atoms with Crippen molar-refractivity contribution in [1.82, 2.24) is 10.4 Å². The number of hydrogen-bond donors (Lipinski definition) is 2. The minimum absolute atomic E-state index is 0.201. The Kier molecular flexibility index (Phi) is 4.34. The first-order chi connectivity index (χ1) is 12.0. The standard InChI is InChI=1S/C17H12N4O4/c22-16-8-5-11(9-15(16)21(24)25)10-18-20-17(23)14-7-6-12-3-1-2-4-13(12)19-14/h1-10,22H,(H,20,23)/b18-10+. The molecule has 3 rings (SSSR count). The zero-order chi connectivity index (χ0) is 17.8. The highest BCUT2D eigenvalue weighted by molar-refractivity contribution is 5.95. The van der Waals surface area contributed by atoms with Crippen LogP contribution in [0.5, 0.6) is 5.75 Å². The van der Waals surface area contributed by atoms with E-state index in [2.05, 4.69) is 15.5 Å². The van der Waals surface area contributed by atoms with E-state index in [4.69, 9.17) is 0 Å². The fourth-order valence-electron chi connectivity index (χ4n) is 2.18. The van der Waals surface area contributed by atoms with Crippen molar-refractivity contribution in [3.63, 3.8) is 0 Å². The van der Waals surface area contributed by atoms with E-state index in [9.17, 15) is 20.0 Å². The highest BCUT2D eigenvalue weighted by Crippen LogP contribution is 2.25. The smallest absolute Gasteiger partial charge is 0.311 e. The molecule has 1 heterocycles. The number of para-hydroxylation sites is 1. The normalized spacial score (nSPS) is 10.9. The minimum atomic E-state index is -0.704. The average Bonchev–Trinajstić information content (AvgIpc) is 2.62. The third kappa shape index (κ3) is 3.58. The molecule has 0 aliphatic rings. The number of hydrazone groups is 1. The summed E-state index contributed by atoms with van der Waals surface area (Å²) in [4.78, 5) is 26.4. The second-order valence-corrected chi connectivity index (χ2v) is 5.09. The number of phenolic OH excluding ortho intramolecular Hbond substituents is 1. The first kappa shape index (κ1) is 16.1. The van der Waals surface area contributed by atoms with Crippen LogP contribution in [0.3, 0.4) is 0 Å². The van der Waals surface area contributed by atoms with Crippen molar-refractivity contribution in [3.8, 4) is 5.75 Å². The SMILES string of the molecule is O=C(N/N=C/c1ccc(O)c([N+](=O)[O-])c1)c1ccc2ccccc2n1. The van der Waals surface area contributed by atoms with Crippen LogP contribution in [-0.4, -0.2) is 27.1 Å². The Morgan fingerprint density at radius 3 is 2.80 bits per heavy atom. The Balaban J connectivity index is 1.73. The summed E-state index contributed by atoms with van der Waals surface area (Å²) in [5, 5.41) is 24.8. The molecule has 0 atom stereocenters. The zero-order valence-corrected chi connectivity index (χ0v) is 12.8. The molecular formula is C17H12N4O4. The van der Waals surface area contributed by atoms with Gasteiger partial charge in [-0.15, -0.1) is 0 Å². The summed E-state index contributed by atoms with van der Waals surface area (Å²) in [6, 6.07) is 14.5. The van der Waals surface area contributed by atoms with Crippen molar-refractivity contribution in [1.29, 1.82) is 0 Å². The number of aromatic nitrogens is 1. The third-order valence-electron chi connectivity index (χ3n) is 3.41. The quantitative estimate of drug-likeness (QED) is 0.431. The van der Waals surface area contributed by atoms with Crippen LogP contribution in [0.4, 0.5) is 5.69 Å². The van der Waals surface area contributed by atoms with Gasteiger partial charge in [-0.2, -0.15) is 5.10 Å². The number of nitro benzene ring substituents is 1. The van der Waals surface area contributed by atoms with Gasteiger partial charge in [0.05, 0.1) is 16.7 Å². The van der Waals surface area contributed by atoms with Gasteiger partial charge >= 0.3 is 5.69 Å². The van der Waals surface area contributed by atoms with Gasteiger partial charge in [-0.05, 0) is 24.3 Å². The average molecular weight is 336 g/mol. The summed E-state index contributed by atoms with van der Waals surface area (Å²) in [6.07, 6.45) is 1.24. The van der Waals surface area contributed by atoms with E-state index in [1.165, 1.54) is 18.3 Å². The van der Waals surface area contributed by atoms with E-state index in [1.807, 2.05) is 18.2 Å². The molecule has 0 saturated heterocycles. The zero-order valence-electron chi connectivity index (χ0n) is 12.8. The molecule has 1 amide bonds. The number of hydrogen-bond acceptors (Lipinski definition) is 6. The summed E-state index contributed by atoms with van der Waals surface area (Å²) in [5.41, 5.74) is 3.12. The number of carbonyl (C=O) groups is 1. The lowest BCUT2D eigenvalue weighted by Gasteiger charge is -2.02. The number of carbonyl (C=O) groups excluding carboxylic acids is 1. The Hall–Kier alpha value is -3.81. The number of amides is 1. The van der Waals surface area contributed by atoms with Gasteiger partial charge in [0.1, 0.15) is 5.69 Å². The number of aromatic hydroxyl groups is 1. The van der Waals surface area contributed by atoms with Crippen LogP contribution in [-0.2, 0) is 0 Å². The molecule has 0 saturated carbocycles. The number of pyridine rings is 1. The molecule has 2 N–H and O–H groups in total. The second-order valence-electron chi connectivity index (χ2n) is 5.09. The molecule has 0 aliphatic carbocycles. The fraction of sp³-hybridized carbons (Fsp3) is 0. The number of nitrogens with one attached hydrogen (secondary N) is 1. The van der Waals surface area contributed by atoms with Gasteiger partial charge in [-0.3, -0.25) is 14.9 Å². The van der Waals surface area contributed by atoms with E-state index in [0.29, 0.717) is 11.1 Å². The summed E-state index contributed by atoms with van der Waals surface area (Å²) >= 11 is 0. The lowest BCUT2D eigenvalue weighted by Crippen LogP contribution is -2.18. The highest BCUT2D eigenvalue weighted by Gasteiger charge is 2.13. The molecule has 0 bridgehead atoms. The molecule has 0 radical (unpaired) electrons. The first-order valence-corrected chi connectivity index (χ1v) is 7.21. The molecule has 0 fully saturated rings.